The zero-order chi connectivity index (χ0) is 26.0. The number of urea groups is 1. The monoisotopic (exact) mass is 505 g/mol. The van der Waals surface area contributed by atoms with Gasteiger partial charge in [-0.1, -0.05) is 50.6 Å². The lowest BCUT2D eigenvalue weighted by molar-refractivity contribution is -0.122. The Hall–Kier alpha value is -3.84. The molecule has 4 amide bonds. The van der Waals surface area contributed by atoms with Gasteiger partial charge in [-0.3, -0.25) is 14.9 Å². The van der Waals surface area contributed by atoms with E-state index in [1.165, 1.54) is 17.7 Å². The van der Waals surface area contributed by atoms with Crippen molar-refractivity contribution >= 4 is 41.2 Å². The van der Waals surface area contributed by atoms with E-state index in [0.29, 0.717) is 23.9 Å². The minimum atomic E-state index is -0.816. The Labute approximate surface area is 215 Å². The Morgan fingerprint density at radius 1 is 1.03 bits per heavy atom. The van der Waals surface area contributed by atoms with Crippen LogP contribution in [0.1, 0.15) is 37.6 Å². The van der Waals surface area contributed by atoms with E-state index >= 15 is 0 Å². The number of anilines is 1. The molecule has 2 heterocycles. The average Bonchev–Trinajstić information content (AvgIpc) is 3.25. The molecule has 1 aliphatic rings. The number of nitrogens with one attached hydrogen (secondary N) is 1. The summed E-state index contributed by atoms with van der Waals surface area (Å²) in [4.78, 5) is 39.1. The molecular formula is C28H28ClN3O4. The van der Waals surface area contributed by atoms with Gasteiger partial charge in [-0.25, -0.2) is 9.69 Å². The van der Waals surface area contributed by atoms with Crippen molar-refractivity contribution in [2.24, 2.45) is 0 Å². The minimum absolute atomic E-state index is 0.0703. The third-order valence-corrected chi connectivity index (χ3v) is 6.40. The van der Waals surface area contributed by atoms with Gasteiger partial charge in [-0.15, -0.1) is 0 Å². The second kappa shape index (κ2) is 10.0. The van der Waals surface area contributed by atoms with Crippen molar-refractivity contribution in [1.82, 2.24) is 9.88 Å². The maximum Gasteiger partial charge on any atom is 0.335 e. The Kier molecular flexibility index (Phi) is 7.04. The number of aromatic nitrogens is 1. The molecule has 0 saturated carbocycles. The molecule has 0 bridgehead atoms. The molecule has 1 fully saturated rings. The number of aryl methyl sites for hydroxylation is 1. The summed E-state index contributed by atoms with van der Waals surface area (Å²) >= 11 is 6.18. The van der Waals surface area contributed by atoms with Gasteiger partial charge in [0.05, 0.1) is 12.2 Å². The Morgan fingerprint density at radius 2 is 1.75 bits per heavy atom. The van der Waals surface area contributed by atoms with Crippen LogP contribution in [-0.2, 0) is 21.5 Å². The Morgan fingerprint density at radius 3 is 2.42 bits per heavy atom. The number of benzene rings is 2. The smallest absolute Gasteiger partial charge is 0.335 e. The lowest BCUT2D eigenvalue weighted by Gasteiger charge is -2.26. The van der Waals surface area contributed by atoms with E-state index in [-0.39, 0.29) is 16.7 Å². The van der Waals surface area contributed by atoms with Crippen LogP contribution in [0.2, 0.25) is 5.02 Å². The van der Waals surface area contributed by atoms with Crippen LogP contribution >= 0.6 is 11.6 Å². The zero-order valence-corrected chi connectivity index (χ0v) is 21.4. The summed E-state index contributed by atoms with van der Waals surface area (Å²) in [5.41, 5.74) is 2.88. The Bertz CT molecular complexity index is 1350. The molecule has 0 radical (unpaired) electrons. The molecule has 1 N–H and O–H groups in total. The lowest BCUT2D eigenvalue weighted by atomic mass is 9.87. The molecule has 0 unspecified atom stereocenters. The van der Waals surface area contributed by atoms with E-state index in [1.807, 2.05) is 35.9 Å². The summed E-state index contributed by atoms with van der Waals surface area (Å²) in [5.74, 6) is -0.697. The molecule has 3 aromatic rings. The number of halogens is 1. The van der Waals surface area contributed by atoms with E-state index < -0.39 is 17.8 Å². The number of ether oxygens (including phenoxy) is 1. The highest BCUT2D eigenvalue weighted by atomic mass is 35.5. The van der Waals surface area contributed by atoms with Gasteiger partial charge >= 0.3 is 6.03 Å². The highest BCUT2D eigenvalue weighted by Gasteiger charge is 2.37. The highest BCUT2D eigenvalue weighted by Crippen LogP contribution is 2.27. The molecule has 1 saturated heterocycles. The fourth-order valence-electron chi connectivity index (χ4n) is 3.84. The quantitative estimate of drug-likeness (QED) is 0.354. The summed E-state index contributed by atoms with van der Waals surface area (Å²) in [6.07, 6.45) is 3.32. The zero-order valence-electron chi connectivity index (χ0n) is 20.7. The molecule has 1 aromatic heterocycles. The number of nitrogens with zero attached hydrogens (tertiary/aromatic N) is 2. The van der Waals surface area contributed by atoms with Crippen LogP contribution < -0.4 is 15.0 Å². The highest BCUT2D eigenvalue weighted by molar-refractivity contribution is 6.39. The first-order valence-corrected chi connectivity index (χ1v) is 12.0. The van der Waals surface area contributed by atoms with E-state index in [0.717, 1.165) is 16.2 Å². The molecular weight excluding hydrogens is 478 g/mol. The first-order valence-electron chi connectivity index (χ1n) is 11.6. The third kappa shape index (κ3) is 5.36. The first kappa shape index (κ1) is 25.3. The standard InChI is InChI=1S/C28H28ClN3O4/c1-18-7-10-21(17-24(18)29)32-26(34)23(25(33)30-27(32)35)16-20-6-5-13-31(20)14-15-36-22-11-8-19(9-12-22)28(2,3)4/h5-13,16-17H,14-15H2,1-4H3,(H,30,33,35). The van der Waals surface area contributed by atoms with Gasteiger partial charge in [-0.2, -0.15) is 0 Å². The number of hydrogen-bond acceptors (Lipinski definition) is 4. The van der Waals surface area contributed by atoms with Crippen molar-refractivity contribution in [2.75, 3.05) is 11.5 Å². The normalized spacial score (nSPS) is 15.4. The molecule has 7 nitrogen and oxygen atoms in total. The number of carbonyl (C=O) groups excluding carboxylic acids is 3. The molecule has 36 heavy (non-hydrogen) atoms. The topological polar surface area (TPSA) is 80.6 Å². The summed E-state index contributed by atoms with van der Waals surface area (Å²) in [6.45, 7) is 9.19. The number of amides is 4. The fourth-order valence-corrected chi connectivity index (χ4v) is 4.01. The van der Waals surface area contributed by atoms with Crippen molar-refractivity contribution in [1.29, 1.82) is 0 Å². The number of imide groups is 2. The molecule has 0 aliphatic carbocycles. The van der Waals surface area contributed by atoms with Gasteiger partial charge < -0.3 is 9.30 Å². The van der Waals surface area contributed by atoms with Crippen LogP contribution in [0.4, 0.5) is 10.5 Å². The van der Waals surface area contributed by atoms with Gasteiger partial charge in [0.15, 0.2) is 0 Å². The third-order valence-electron chi connectivity index (χ3n) is 5.99. The second-order valence-electron chi connectivity index (χ2n) is 9.64. The van der Waals surface area contributed by atoms with E-state index in [1.54, 1.807) is 18.2 Å². The van der Waals surface area contributed by atoms with E-state index in [9.17, 15) is 14.4 Å². The molecule has 0 atom stereocenters. The number of hydrogen-bond donors (Lipinski definition) is 1. The van der Waals surface area contributed by atoms with Crippen LogP contribution in [0, 0.1) is 6.92 Å². The molecule has 186 valence electrons. The van der Waals surface area contributed by atoms with Crippen molar-refractivity contribution in [3.63, 3.8) is 0 Å². The maximum absolute atomic E-state index is 13.2. The predicted molar refractivity (Wildman–Crippen MR) is 140 cm³/mol. The van der Waals surface area contributed by atoms with Gasteiger partial charge in [0, 0.05) is 16.9 Å². The average molecular weight is 506 g/mol. The van der Waals surface area contributed by atoms with Crippen molar-refractivity contribution < 1.29 is 19.1 Å². The van der Waals surface area contributed by atoms with Gasteiger partial charge in [-0.05, 0) is 65.9 Å². The SMILES string of the molecule is Cc1ccc(N2C(=O)NC(=O)C(=Cc3cccn3CCOc3ccc(C(C)(C)C)cc3)C2=O)cc1Cl. The summed E-state index contributed by atoms with van der Waals surface area (Å²) in [6, 6.07) is 15.7. The fraction of sp³-hybridized carbons (Fsp3) is 0.250. The van der Waals surface area contributed by atoms with Gasteiger partial charge in [0.25, 0.3) is 11.8 Å². The van der Waals surface area contributed by atoms with Crippen molar-refractivity contribution in [2.45, 2.75) is 39.7 Å². The maximum atomic E-state index is 13.2. The predicted octanol–water partition coefficient (Wildman–Crippen LogP) is 5.49. The molecule has 0 spiro atoms. The first-order chi connectivity index (χ1) is 17.0. The van der Waals surface area contributed by atoms with Crippen LogP contribution in [-0.4, -0.2) is 29.0 Å². The molecule has 2 aromatic carbocycles. The number of carbonyl (C=O) groups is 3. The van der Waals surface area contributed by atoms with E-state index in [4.69, 9.17) is 16.3 Å². The van der Waals surface area contributed by atoms with E-state index in [2.05, 4.69) is 38.2 Å². The second-order valence-corrected chi connectivity index (χ2v) is 10.0. The summed E-state index contributed by atoms with van der Waals surface area (Å²) in [5, 5.41) is 2.65. The van der Waals surface area contributed by atoms with Crippen LogP contribution in [0.15, 0.2) is 66.4 Å². The van der Waals surface area contributed by atoms with Crippen molar-refractivity contribution in [3.05, 3.63) is 88.2 Å². The number of barbiturate groups is 1. The minimum Gasteiger partial charge on any atom is -0.492 e. The molecule has 4 rings (SSSR count). The lowest BCUT2D eigenvalue weighted by Crippen LogP contribution is -2.54. The molecule has 8 heteroatoms. The summed E-state index contributed by atoms with van der Waals surface area (Å²) in [7, 11) is 0. The number of rotatable bonds is 6. The molecule has 1 aliphatic heterocycles. The largest absolute Gasteiger partial charge is 0.492 e. The van der Waals surface area contributed by atoms with Crippen LogP contribution in [0.25, 0.3) is 6.08 Å². The van der Waals surface area contributed by atoms with Crippen molar-refractivity contribution in [3.8, 4) is 5.75 Å². The van der Waals surface area contributed by atoms with Gasteiger partial charge in [0.1, 0.15) is 17.9 Å². The Balaban J connectivity index is 1.49. The van der Waals surface area contributed by atoms with Gasteiger partial charge in [0.2, 0.25) is 0 Å². The van der Waals surface area contributed by atoms with Crippen LogP contribution in [0.5, 0.6) is 5.75 Å². The van der Waals surface area contributed by atoms with Crippen LogP contribution in [0.3, 0.4) is 0 Å². The summed E-state index contributed by atoms with van der Waals surface area (Å²) < 4.78 is 7.77.